The van der Waals surface area contributed by atoms with Gasteiger partial charge in [-0.15, -0.1) is 0 Å². The van der Waals surface area contributed by atoms with E-state index in [1.54, 1.807) is 24.3 Å². The Labute approximate surface area is 103 Å². The van der Waals surface area contributed by atoms with Crippen LogP contribution in [0.5, 0.6) is 0 Å². The molecule has 0 amide bonds. The summed E-state index contributed by atoms with van der Waals surface area (Å²) in [7, 11) is 0. The molecule has 5 heteroatoms. The fourth-order valence-corrected chi connectivity index (χ4v) is 1.38. The van der Waals surface area contributed by atoms with Crippen LogP contribution in [-0.4, -0.2) is 11.1 Å². The molecule has 0 atom stereocenters. The lowest BCUT2D eigenvalue weighted by Crippen LogP contribution is -1.86. The molecule has 0 bridgehead atoms. The molecule has 0 spiro atoms. The lowest BCUT2D eigenvalue weighted by Gasteiger charge is -1.95. The Morgan fingerprint density at radius 3 is 2.56 bits per heavy atom. The van der Waals surface area contributed by atoms with Crippen LogP contribution in [0.25, 0.3) is 0 Å². The van der Waals surface area contributed by atoms with Crippen molar-refractivity contribution < 1.29 is 9.31 Å². The lowest BCUT2D eigenvalue weighted by atomic mass is 10.2. The van der Waals surface area contributed by atoms with Gasteiger partial charge in [-0.3, -0.25) is 15.1 Å². The number of non-ortho nitro benzene ring substituents is 1. The Morgan fingerprint density at radius 1 is 1.17 bits per heavy atom. The predicted molar refractivity (Wildman–Crippen MR) is 66.8 cm³/mol. The maximum atomic E-state index is 12.7. The van der Waals surface area contributed by atoms with Crippen molar-refractivity contribution in [3.63, 3.8) is 0 Å². The molecular formula is C13H9FN2O2. The van der Waals surface area contributed by atoms with Gasteiger partial charge in [0.05, 0.1) is 10.6 Å². The van der Waals surface area contributed by atoms with Gasteiger partial charge in [0.1, 0.15) is 5.82 Å². The summed E-state index contributed by atoms with van der Waals surface area (Å²) >= 11 is 0. The van der Waals surface area contributed by atoms with Crippen molar-refractivity contribution in [1.29, 1.82) is 0 Å². The minimum atomic E-state index is -0.475. The Kier molecular flexibility index (Phi) is 3.43. The van der Waals surface area contributed by atoms with E-state index in [2.05, 4.69) is 4.99 Å². The molecule has 2 aromatic rings. The molecule has 0 N–H and O–H groups in total. The number of benzene rings is 2. The smallest absolute Gasteiger partial charge is 0.258 e. The maximum Gasteiger partial charge on any atom is 0.271 e. The van der Waals surface area contributed by atoms with Crippen LogP contribution in [0.4, 0.5) is 15.8 Å². The van der Waals surface area contributed by atoms with Crippen molar-refractivity contribution in [3.05, 3.63) is 70.0 Å². The van der Waals surface area contributed by atoms with Crippen molar-refractivity contribution in [2.24, 2.45) is 4.99 Å². The van der Waals surface area contributed by atoms with E-state index < -0.39 is 4.92 Å². The van der Waals surface area contributed by atoms with Crippen molar-refractivity contribution in [1.82, 2.24) is 0 Å². The summed E-state index contributed by atoms with van der Waals surface area (Å²) in [4.78, 5) is 14.2. The van der Waals surface area contributed by atoms with Crippen LogP contribution in [0.2, 0.25) is 0 Å². The van der Waals surface area contributed by atoms with Gasteiger partial charge in [0.25, 0.3) is 5.69 Å². The van der Waals surface area contributed by atoms with Gasteiger partial charge in [0.15, 0.2) is 0 Å². The van der Waals surface area contributed by atoms with E-state index in [0.29, 0.717) is 5.69 Å². The molecule has 0 heterocycles. The lowest BCUT2D eigenvalue weighted by molar-refractivity contribution is -0.384. The van der Waals surface area contributed by atoms with Crippen LogP contribution in [-0.2, 0) is 0 Å². The molecule has 2 aromatic carbocycles. The summed E-state index contributed by atoms with van der Waals surface area (Å²) < 4.78 is 12.7. The first-order chi connectivity index (χ1) is 8.65. The highest BCUT2D eigenvalue weighted by atomic mass is 19.1. The molecule has 0 aliphatic carbocycles. The molecule has 4 nitrogen and oxygen atoms in total. The molecule has 90 valence electrons. The van der Waals surface area contributed by atoms with Gasteiger partial charge in [-0.05, 0) is 23.8 Å². The Bertz CT molecular complexity index is 594. The number of rotatable bonds is 3. The monoisotopic (exact) mass is 244 g/mol. The molecule has 0 aromatic heterocycles. The summed E-state index contributed by atoms with van der Waals surface area (Å²) in [6.07, 6.45) is 1.53. The fraction of sp³-hybridized carbons (Fsp3) is 0. The SMILES string of the molecule is O=[N+]([O-])c1cccc(N=Cc2ccc(F)cc2)c1. The second-order valence-corrected chi connectivity index (χ2v) is 3.59. The number of nitrogens with zero attached hydrogens (tertiary/aromatic N) is 2. The first-order valence-electron chi connectivity index (χ1n) is 5.19. The quantitative estimate of drug-likeness (QED) is 0.471. The van der Waals surface area contributed by atoms with Crippen LogP contribution in [0.3, 0.4) is 0 Å². The Morgan fingerprint density at radius 2 is 1.89 bits per heavy atom. The van der Waals surface area contributed by atoms with E-state index in [1.807, 2.05) is 0 Å². The summed E-state index contributed by atoms with van der Waals surface area (Å²) in [5, 5.41) is 10.6. The van der Waals surface area contributed by atoms with E-state index >= 15 is 0 Å². The van der Waals surface area contributed by atoms with Gasteiger partial charge in [-0.1, -0.05) is 18.2 Å². The zero-order chi connectivity index (χ0) is 13.0. The number of nitro benzene ring substituents is 1. The summed E-state index contributed by atoms with van der Waals surface area (Å²) in [5.41, 5.74) is 1.19. The molecule has 0 unspecified atom stereocenters. The van der Waals surface area contributed by atoms with E-state index in [1.165, 1.54) is 30.5 Å². The molecular weight excluding hydrogens is 235 g/mol. The van der Waals surface area contributed by atoms with Gasteiger partial charge in [0, 0.05) is 18.3 Å². The van der Waals surface area contributed by atoms with Crippen molar-refractivity contribution in [2.45, 2.75) is 0 Å². The van der Waals surface area contributed by atoms with Crippen LogP contribution >= 0.6 is 0 Å². The van der Waals surface area contributed by atoms with Gasteiger partial charge in [0.2, 0.25) is 0 Å². The second-order valence-electron chi connectivity index (χ2n) is 3.59. The highest BCUT2D eigenvalue weighted by Crippen LogP contribution is 2.19. The van der Waals surface area contributed by atoms with Crippen LogP contribution < -0.4 is 0 Å². The molecule has 0 aliphatic heterocycles. The van der Waals surface area contributed by atoms with Gasteiger partial charge in [-0.2, -0.15) is 0 Å². The molecule has 2 rings (SSSR count). The highest BCUT2D eigenvalue weighted by molar-refractivity contribution is 5.81. The number of hydrogen-bond acceptors (Lipinski definition) is 3. The molecule has 0 fully saturated rings. The van der Waals surface area contributed by atoms with E-state index in [4.69, 9.17) is 0 Å². The number of hydrogen-bond donors (Lipinski definition) is 0. The van der Waals surface area contributed by atoms with Gasteiger partial charge >= 0.3 is 0 Å². The Hall–Kier alpha value is -2.56. The minimum absolute atomic E-state index is 0.0104. The molecule has 0 radical (unpaired) electrons. The fourth-order valence-electron chi connectivity index (χ4n) is 1.38. The molecule has 18 heavy (non-hydrogen) atoms. The number of nitro groups is 1. The third kappa shape index (κ3) is 2.98. The van der Waals surface area contributed by atoms with Crippen molar-refractivity contribution in [2.75, 3.05) is 0 Å². The van der Waals surface area contributed by atoms with Gasteiger partial charge in [-0.25, -0.2) is 4.39 Å². The molecule has 0 aliphatic rings. The normalized spacial score (nSPS) is 10.7. The first-order valence-corrected chi connectivity index (χ1v) is 5.19. The Balaban J connectivity index is 2.20. The third-order valence-electron chi connectivity index (χ3n) is 2.27. The third-order valence-corrected chi connectivity index (χ3v) is 2.27. The molecule has 0 saturated heterocycles. The van der Waals surface area contributed by atoms with Crippen molar-refractivity contribution >= 4 is 17.6 Å². The average Bonchev–Trinajstić information content (AvgIpc) is 2.38. The number of aliphatic imine (C=N–C) groups is 1. The topological polar surface area (TPSA) is 55.5 Å². The zero-order valence-corrected chi connectivity index (χ0v) is 9.29. The standard InChI is InChI=1S/C13H9FN2O2/c14-11-6-4-10(5-7-11)9-15-12-2-1-3-13(8-12)16(17)18/h1-9H. The largest absolute Gasteiger partial charge is 0.271 e. The second kappa shape index (κ2) is 5.18. The maximum absolute atomic E-state index is 12.7. The van der Waals surface area contributed by atoms with E-state index in [9.17, 15) is 14.5 Å². The number of halogens is 1. The summed E-state index contributed by atoms with van der Waals surface area (Å²) in [6, 6.07) is 11.8. The van der Waals surface area contributed by atoms with Crippen LogP contribution in [0.1, 0.15) is 5.56 Å². The first kappa shape index (κ1) is 11.9. The van der Waals surface area contributed by atoms with Crippen LogP contribution in [0.15, 0.2) is 53.5 Å². The summed E-state index contributed by atoms with van der Waals surface area (Å²) in [6.45, 7) is 0. The van der Waals surface area contributed by atoms with Gasteiger partial charge < -0.3 is 0 Å². The molecule has 0 saturated carbocycles. The van der Waals surface area contributed by atoms with Crippen LogP contribution in [0, 0.1) is 15.9 Å². The van der Waals surface area contributed by atoms with Crippen molar-refractivity contribution in [3.8, 4) is 0 Å². The predicted octanol–water partition coefficient (Wildman–Crippen LogP) is 3.48. The zero-order valence-electron chi connectivity index (χ0n) is 9.29. The minimum Gasteiger partial charge on any atom is -0.258 e. The highest BCUT2D eigenvalue weighted by Gasteiger charge is 2.04. The average molecular weight is 244 g/mol. The summed E-state index contributed by atoms with van der Waals surface area (Å²) in [5.74, 6) is -0.317. The van der Waals surface area contributed by atoms with E-state index in [-0.39, 0.29) is 11.5 Å². The van der Waals surface area contributed by atoms with E-state index in [0.717, 1.165) is 5.56 Å².